The zero-order valence-corrected chi connectivity index (χ0v) is 15.2. The minimum absolute atomic E-state index is 0.0222. The highest BCUT2D eigenvalue weighted by atomic mass is 16.5. The molecule has 2 aliphatic rings. The molecule has 2 N–H and O–H groups in total. The first-order chi connectivity index (χ1) is 12.8. The SMILES string of the molecule is CN=C(NCCn1cncn1)NC1CC2(CCCC2)Oc2ccccc21. The van der Waals surface area contributed by atoms with Crippen molar-refractivity contribution < 1.29 is 4.74 Å². The number of nitrogens with zero attached hydrogens (tertiary/aromatic N) is 4. The molecule has 2 aromatic rings. The Hall–Kier alpha value is -2.57. The van der Waals surface area contributed by atoms with Gasteiger partial charge in [0.1, 0.15) is 24.0 Å². The van der Waals surface area contributed by atoms with Gasteiger partial charge in [-0.15, -0.1) is 0 Å². The molecule has 1 spiro atoms. The van der Waals surface area contributed by atoms with Crippen molar-refractivity contribution in [2.45, 2.75) is 50.3 Å². The lowest BCUT2D eigenvalue weighted by molar-refractivity contribution is 0.0396. The molecule has 0 bridgehead atoms. The number of benzene rings is 1. The molecular formula is C19H26N6O. The molecule has 1 fully saturated rings. The number of fused-ring (bicyclic) bond motifs is 1. The molecule has 1 aromatic heterocycles. The summed E-state index contributed by atoms with van der Waals surface area (Å²) in [4.78, 5) is 8.36. The molecule has 2 heterocycles. The summed E-state index contributed by atoms with van der Waals surface area (Å²) in [5, 5.41) is 11.1. The molecule has 26 heavy (non-hydrogen) atoms. The molecule has 1 saturated carbocycles. The fourth-order valence-electron chi connectivity index (χ4n) is 4.07. The lowest BCUT2D eigenvalue weighted by Gasteiger charge is -2.40. The van der Waals surface area contributed by atoms with Gasteiger partial charge >= 0.3 is 0 Å². The van der Waals surface area contributed by atoms with Crippen LogP contribution < -0.4 is 15.4 Å². The highest BCUT2D eigenvalue weighted by molar-refractivity contribution is 5.80. The zero-order valence-electron chi connectivity index (χ0n) is 15.2. The van der Waals surface area contributed by atoms with Crippen LogP contribution in [0.4, 0.5) is 0 Å². The van der Waals surface area contributed by atoms with Gasteiger partial charge in [-0.2, -0.15) is 5.10 Å². The van der Waals surface area contributed by atoms with Crippen molar-refractivity contribution in [2.75, 3.05) is 13.6 Å². The van der Waals surface area contributed by atoms with Gasteiger partial charge in [-0.05, 0) is 31.7 Å². The fraction of sp³-hybridized carbons (Fsp3) is 0.526. The third-order valence-corrected chi connectivity index (χ3v) is 5.35. The number of aromatic nitrogens is 3. The third kappa shape index (κ3) is 3.52. The van der Waals surface area contributed by atoms with E-state index in [1.165, 1.54) is 18.4 Å². The van der Waals surface area contributed by atoms with Crippen LogP contribution in [-0.4, -0.2) is 39.9 Å². The molecule has 0 saturated heterocycles. The summed E-state index contributed by atoms with van der Waals surface area (Å²) in [7, 11) is 1.81. The van der Waals surface area contributed by atoms with Crippen LogP contribution in [0.1, 0.15) is 43.7 Å². The molecule has 1 unspecified atom stereocenters. The van der Waals surface area contributed by atoms with Crippen LogP contribution in [0.2, 0.25) is 0 Å². The van der Waals surface area contributed by atoms with Gasteiger partial charge in [-0.3, -0.25) is 9.67 Å². The number of ether oxygens (including phenoxy) is 1. The van der Waals surface area contributed by atoms with E-state index in [9.17, 15) is 0 Å². The Kier molecular flexibility index (Phi) is 4.77. The van der Waals surface area contributed by atoms with Crippen molar-refractivity contribution in [1.29, 1.82) is 0 Å². The lowest BCUT2D eigenvalue weighted by atomic mass is 9.86. The van der Waals surface area contributed by atoms with Gasteiger partial charge in [0.2, 0.25) is 0 Å². The van der Waals surface area contributed by atoms with Crippen LogP contribution >= 0.6 is 0 Å². The molecule has 138 valence electrons. The summed E-state index contributed by atoms with van der Waals surface area (Å²) in [6.07, 6.45) is 9.02. The first-order valence-corrected chi connectivity index (χ1v) is 9.36. The van der Waals surface area contributed by atoms with Gasteiger partial charge < -0.3 is 15.4 Å². The zero-order chi connectivity index (χ0) is 17.8. The second kappa shape index (κ2) is 7.35. The summed E-state index contributed by atoms with van der Waals surface area (Å²) in [5.74, 6) is 1.82. The number of para-hydroxylation sites is 1. The number of rotatable bonds is 4. The van der Waals surface area contributed by atoms with Gasteiger partial charge in [0.15, 0.2) is 5.96 Å². The van der Waals surface area contributed by atoms with E-state index in [2.05, 4.69) is 50.0 Å². The van der Waals surface area contributed by atoms with Gasteiger partial charge in [-0.1, -0.05) is 18.2 Å². The Labute approximate surface area is 153 Å². The highest BCUT2D eigenvalue weighted by Crippen LogP contribution is 2.46. The number of aliphatic imine (C=N–C) groups is 1. The monoisotopic (exact) mass is 354 g/mol. The first-order valence-electron chi connectivity index (χ1n) is 9.36. The third-order valence-electron chi connectivity index (χ3n) is 5.35. The van der Waals surface area contributed by atoms with E-state index in [4.69, 9.17) is 4.74 Å². The smallest absolute Gasteiger partial charge is 0.191 e. The van der Waals surface area contributed by atoms with Gasteiger partial charge in [0.25, 0.3) is 0 Å². The maximum Gasteiger partial charge on any atom is 0.191 e. The van der Waals surface area contributed by atoms with E-state index in [1.54, 1.807) is 24.4 Å². The molecule has 1 aromatic carbocycles. The van der Waals surface area contributed by atoms with Crippen LogP contribution in [0.25, 0.3) is 0 Å². The maximum atomic E-state index is 6.44. The van der Waals surface area contributed by atoms with Crippen molar-refractivity contribution in [3.05, 3.63) is 42.5 Å². The molecule has 1 atom stereocenters. The van der Waals surface area contributed by atoms with Gasteiger partial charge in [0.05, 0.1) is 12.6 Å². The van der Waals surface area contributed by atoms with Crippen molar-refractivity contribution in [2.24, 2.45) is 4.99 Å². The lowest BCUT2D eigenvalue weighted by Crippen LogP contribution is -2.47. The van der Waals surface area contributed by atoms with E-state index in [-0.39, 0.29) is 11.6 Å². The summed E-state index contributed by atoms with van der Waals surface area (Å²) >= 11 is 0. The van der Waals surface area contributed by atoms with Crippen molar-refractivity contribution >= 4 is 5.96 Å². The number of hydrogen-bond acceptors (Lipinski definition) is 4. The topological polar surface area (TPSA) is 76.4 Å². The fourth-order valence-corrected chi connectivity index (χ4v) is 4.07. The second-order valence-corrected chi connectivity index (χ2v) is 7.09. The van der Waals surface area contributed by atoms with Crippen LogP contribution in [0, 0.1) is 0 Å². The van der Waals surface area contributed by atoms with Crippen LogP contribution in [-0.2, 0) is 6.54 Å². The van der Waals surface area contributed by atoms with Crippen molar-refractivity contribution in [3.63, 3.8) is 0 Å². The van der Waals surface area contributed by atoms with Crippen molar-refractivity contribution in [1.82, 2.24) is 25.4 Å². The molecule has 7 heteroatoms. The Bertz CT molecular complexity index is 751. The molecular weight excluding hydrogens is 328 g/mol. The normalized spacial score (nSPS) is 21.3. The summed E-state index contributed by atoms with van der Waals surface area (Å²) in [5.41, 5.74) is 1.19. The summed E-state index contributed by atoms with van der Waals surface area (Å²) < 4.78 is 8.24. The van der Waals surface area contributed by atoms with Gasteiger partial charge in [-0.25, -0.2) is 4.98 Å². The average molecular weight is 354 g/mol. The predicted molar refractivity (Wildman–Crippen MR) is 100 cm³/mol. The summed E-state index contributed by atoms with van der Waals surface area (Å²) in [6.45, 7) is 1.48. The number of nitrogens with one attached hydrogen (secondary N) is 2. The molecule has 0 amide bonds. The van der Waals surface area contributed by atoms with Crippen molar-refractivity contribution in [3.8, 4) is 5.75 Å². The van der Waals surface area contributed by atoms with E-state index in [1.807, 2.05) is 0 Å². The predicted octanol–water partition coefficient (Wildman–Crippen LogP) is 2.28. The Morgan fingerprint density at radius 2 is 2.19 bits per heavy atom. The maximum absolute atomic E-state index is 6.44. The molecule has 7 nitrogen and oxygen atoms in total. The molecule has 4 rings (SSSR count). The van der Waals surface area contributed by atoms with E-state index in [0.717, 1.165) is 44.1 Å². The number of guanidine groups is 1. The van der Waals surface area contributed by atoms with Crippen LogP contribution in [0.15, 0.2) is 41.9 Å². The Morgan fingerprint density at radius 3 is 2.96 bits per heavy atom. The first kappa shape index (κ1) is 16.9. The number of hydrogen-bond donors (Lipinski definition) is 2. The van der Waals surface area contributed by atoms with E-state index >= 15 is 0 Å². The largest absolute Gasteiger partial charge is 0.487 e. The minimum Gasteiger partial charge on any atom is -0.487 e. The van der Waals surface area contributed by atoms with Crippen LogP contribution in [0.3, 0.4) is 0 Å². The average Bonchev–Trinajstić information content (AvgIpc) is 3.33. The quantitative estimate of drug-likeness (QED) is 0.651. The van der Waals surface area contributed by atoms with Gasteiger partial charge in [0, 0.05) is 25.6 Å². The van der Waals surface area contributed by atoms with E-state index in [0.29, 0.717) is 0 Å². The molecule has 1 aliphatic heterocycles. The van der Waals surface area contributed by atoms with Crippen LogP contribution in [0.5, 0.6) is 5.75 Å². The summed E-state index contributed by atoms with van der Waals surface area (Å²) in [6, 6.07) is 8.57. The Morgan fingerprint density at radius 1 is 1.35 bits per heavy atom. The van der Waals surface area contributed by atoms with E-state index < -0.39 is 0 Å². The minimum atomic E-state index is -0.0222. The second-order valence-electron chi connectivity index (χ2n) is 7.09. The Balaban J connectivity index is 1.44. The standard InChI is InChI=1S/C19H26N6O/c1-20-18(22-10-11-25-14-21-13-23-25)24-16-12-19(8-4-5-9-19)26-17-7-3-2-6-15(16)17/h2-3,6-7,13-14,16H,4-5,8-12H2,1H3,(H2,20,22,24). The highest BCUT2D eigenvalue weighted by Gasteiger charge is 2.43. The molecule has 0 radical (unpaired) electrons. The molecule has 1 aliphatic carbocycles.